The number of rotatable bonds is 5. The van der Waals surface area contributed by atoms with Gasteiger partial charge in [-0.1, -0.05) is 13.8 Å². The second-order valence-electron chi connectivity index (χ2n) is 5.65. The fourth-order valence-electron chi connectivity index (χ4n) is 2.29. The summed E-state index contributed by atoms with van der Waals surface area (Å²) >= 11 is 0. The highest BCUT2D eigenvalue weighted by atomic mass is 19.1. The molecular weight excluding hydrogens is 231 g/mol. The Morgan fingerprint density at radius 3 is 2.67 bits per heavy atom. The minimum Gasteiger partial charge on any atom is -0.496 e. The number of ether oxygens (including phenoxy) is 1. The third-order valence-electron chi connectivity index (χ3n) is 3.54. The Bertz CT molecular complexity index is 462. The van der Waals surface area contributed by atoms with Crippen LogP contribution >= 0.6 is 0 Å². The van der Waals surface area contributed by atoms with Crippen molar-refractivity contribution in [1.82, 2.24) is 0 Å². The Hall–Kier alpha value is -1.38. The van der Waals surface area contributed by atoms with E-state index in [-0.39, 0.29) is 17.5 Å². The van der Waals surface area contributed by atoms with E-state index in [1.165, 1.54) is 12.1 Å². The molecule has 0 aromatic heterocycles. The van der Waals surface area contributed by atoms with E-state index in [2.05, 4.69) is 0 Å². The quantitative estimate of drug-likeness (QED) is 0.799. The zero-order chi connectivity index (χ0) is 13.3. The van der Waals surface area contributed by atoms with Crippen LogP contribution in [0.25, 0.3) is 0 Å². The molecule has 1 fully saturated rings. The van der Waals surface area contributed by atoms with Crippen molar-refractivity contribution in [3.05, 3.63) is 29.6 Å². The predicted octanol–water partition coefficient (Wildman–Crippen LogP) is 3.48. The summed E-state index contributed by atoms with van der Waals surface area (Å²) in [4.78, 5) is 11.9. The number of halogens is 1. The van der Waals surface area contributed by atoms with E-state index in [9.17, 15) is 9.18 Å². The molecule has 0 radical (unpaired) electrons. The lowest BCUT2D eigenvalue weighted by Gasteiger charge is -2.26. The van der Waals surface area contributed by atoms with Crippen molar-refractivity contribution in [3.63, 3.8) is 0 Å². The van der Waals surface area contributed by atoms with Crippen LogP contribution in [0.5, 0.6) is 5.75 Å². The summed E-state index contributed by atoms with van der Waals surface area (Å²) in [6.07, 6.45) is 2.46. The number of hydrogen-bond acceptors (Lipinski definition) is 2. The predicted molar refractivity (Wildman–Crippen MR) is 68.3 cm³/mol. The van der Waals surface area contributed by atoms with E-state index < -0.39 is 5.41 Å². The van der Waals surface area contributed by atoms with Crippen LogP contribution in [0.2, 0.25) is 0 Å². The molecule has 0 amide bonds. The largest absolute Gasteiger partial charge is 0.496 e. The van der Waals surface area contributed by atoms with Crippen molar-refractivity contribution in [2.45, 2.75) is 38.5 Å². The third-order valence-corrected chi connectivity index (χ3v) is 3.54. The van der Waals surface area contributed by atoms with Crippen molar-refractivity contribution in [2.24, 2.45) is 5.92 Å². The maximum Gasteiger partial charge on any atom is 0.136 e. The topological polar surface area (TPSA) is 26.3 Å². The molecule has 0 saturated heterocycles. The maximum absolute atomic E-state index is 13.4. The number of Topliss-reactive ketones (excluding diaryl/α,β-unsaturated/α-hetero) is 1. The van der Waals surface area contributed by atoms with Gasteiger partial charge in [0.15, 0.2) is 0 Å². The van der Waals surface area contributed by atoms with Crippen LogP contribution < -0.4 is 4.74 Å². The lowest BCUT2D eigenvalue weighted by atomic mass is 9.79. The van der Waals surface area contributed by atoms with Crippen LogP contribution in [-0.4, -0.2) is 12.9 Å². The Balaban J connectivity index is 2.26. The van der Waals surface area contributed by atoms with Crippen molar-refractivity contribution in [3.8, 4) is 5.75 Å². The van der Waals surface area contributed by atoms with Gasteiger partial charge in [0.25, 0.3) is 0 Å². The molecule has 98 valence electrons. The first kappa shape index (κ1) is 13.1. The highest BCUT2D eigenvalue weighted by molar-refractivity contribution is 5.84. The summed E-state index contributed by atoms with van der Waals surface area (Å²) in [5.41, 5.74) is 0.367. The van der Waals surface area contributed by atoms with Gasteiger partial charge >= 0.3 is 0 Å². The van der Waals surface area contributed by atoms with Crippen molar-refractivity contribution < 1.29 is 13.9 Å². The molecule has 0 atom stereocenters. The molecule has 2 nitrogen and oxygen atoms in total. The van der Waals surface area contributed by atoms with Gasteiger partial charge in [0.2, 0.25) is 0 Å². The fourth-order valence-corrected chi connectivity index (χ4v) is 2.29. The lowest BCUT2D eigenvalue weighted by molar-refractivity contribution is -0.121. The molecule has 0 aliphatic heterocycles. The second kappa shape index (κ2) is 4.71. The molecule has 0 N–H and O–H groups in total. The van der Waals surface area contributed by atoms with Crippen LogP contribution in [0.15, 0.2) is 18.2 Å². The first-order chi connectivity index (χ1) is 8.44. The van der Waals surface area contributed by atoms with Gasteiger partial charge in [-0.15, -0.1) is 0 Å². The molecule has 1 saturated carbocycles. The summed E-state index contributed by atoms with van der Waals surface area (Å²) in [6, 6.07) is 4.47. The van der Waals surface area contributed by atoms with Crippen LogP contribution in [0.3, 0.4) is 0 Å². The Morgan fingerprint density at radius 1 is 1.44 bits per heavy atom. The van der Waals surface area contributed by atoms with Gasteiger partial charge in [0.1, 0.15) is 17.3 Å². The smallest absolute Gasteiger partial charge is 0.136 e. The SMILES string of the molecule is COc1ccc(F)cc1C(C)(C)CC(=O)C1CC1. The van der Waals surface area contributed by atoms with Crippen molar-refractivity contribution in [2.75, 3.05) is 7.11 Å². The third kappa shape index (κ3) is 2.71. The molecule has 1 aliphatic carbocycles. The summed E-state index contributed by atoms with van der Waals surface area (Å²) in [5.74, 6) is 0.873. The minimum absolute atomic E-state index is 0.240. The van der Waals surface area contributed by atoms with Crippen LogP contribution in [0.4, 0.5) is 4.39 Å². The van der Waals surface area contributed by atoms with Gasteiger partial charge in [-0.25, -0.2) is 4.39 Å². The van der Waals surface area contributed by atoms with E-state index in [1.807, 2.05) is 13.8 Å². The van der Waals surface area contributed by atoms with E-state index in [0.29, 0.717) is 12.2 Å². The van der Waals surface area contributed by atoms with Gasteiger partial charge in [-0.2, -0.15) is 0 Å². The molecule has 2 rings (SSSR count). The summed E-state index contributed by atoms with van der Waals surface area (Å²) < 4.78 is 18.6. The summed E-state index contributed by atoms with van der Waals surface area (Å²) in [6.45, 7) is 3.93. The van der Waals surface area contributed by atoms with Gasteiger partial charge in [-0.05, 0) is 31.0 Å². The number of benzene rings is 1. The molecule has 0 heterocycles. The van der Waals surface area contributed by atoms with Crippen molar-refractivity contribution >= 4 is 5.78 Å². The molecule has 0 bridgehead atoms. The standard InChI is InChI=1S/C15H19FO2/c1-15(2,9-13(17)10-4-5-10)12-8-11(16)6-7-14(12)18-3/h6-8,10H,4-5,9H2,1-3H3. The number of ketones is 1. The Labute approximate surface area is 107 Å². The van der Waals surface area contributed by atoms with Gasteiger partial charge in [-0.3, -0.25) is 4.79 Å². The van der Waals surface area contributed by atoms with Crippen molar-refractivity contribution in [1.29, 1.82) is 0 Å². The highest BCUT2D eigenvalue weighted by Crippen LogP contribution is 2.39. The van der Waals surface area contributed by atoms with Crippen LogP contribution in [0, 0.1) is 11.7 Å². The first-order valence-electron chi connectivity index (χ1n) is 6.31. The zero-order valence-corrected chi connectivity index (χ0v) is 11.1. The molecule has 0 unspecified atom stereocenters. The highest BCUT2D eigenvalue weighted by Gasteiger charge is 2.35. The van der Waals surface area contributed by atoms with Gasteiger partial charge < -0.3 is 4.74 Å². The molecule has 18 heavy (non-hydrogen) atoms. The van der Waals surface area contributed by atoms with E-state index in [1.54, 1.807) is 13.2 Å². The molecule has 1 aromatic rings. The normalized spacial score (nSPS) is 15.6. The second-order valence-corrected chi connectivity index (χ2v) is 5.65. The average molecular weight is 250 g/mol. The monoisotopic (exact) mass is 250 g/mol. The van der Waals surface area contributed by atoms with E-state index in [0.717, 1.165) is 18.4 Å². The zero-order valence-electron chi connectivity index (χ0n) is 11.1. The number of methoxy groups -OCH3 is 1. The van der Waals surface area contributed by atoms with Gasteiger partial charge in [0.05, 0.1) is 7.11 Å². The minimum atomic E-state index is -0.396. The number of hydrogen-bond donors (Lipinski definition) is 0. The molecule has 1 aromatic carbocycles. The first-order valence-corrected chi connectivity index (χ1v) is 6.31. The molecule has 3 heteroatoms. The fraction of sp³-hybridized carbons (Fsp3) is 0.533. The van der Waals surface area contributed by atoms with Crippen LogP contribution in [-0.2, 0) is 10.2 Å². The molecular formula is C15H19FO2. The van der Waals surface area contributed by atoms with Gasteiger partial charge in [0, 0.05) is 23.3 Å². The lowest BCUT2D eigenvalue weighted by Crippen LogP contribution is -2.23. The molecule has 1 aliphatic rings. The molecule has 0 spiro atoms. The maximum atomic E-state index is 13.4. The number of carbonyl (C=O) groups excluding carboxylic acids is 1. The van der Waals surface area contributed by atoms with Crippen LogP contribution in [0.1, 0.15) is 38.7 Å². The Kier molecular flexibility index (Phi) is 3.42. The van der Waals surface area contributed by atoms with E-state index >= 15 is 0 Å². The van der Waals surface area contributed by atoms with E-state index in [4.69, 9.17) is 4.74 Å². The number of carbonyl (C=O) groups is 1. The summed E-state index contributed by atoms with van der Waals surface area (Å²) in [7, 11) is 1.57. The Morgan fingerprint density at radius 2 is 2.11 bits per heavy atom. The summed E-state index contributed by atoms with van der Waals surface area (Å²) in [5, 5.41) is 0. The average Bonchev–Trinajstić information content (AvgIpc) is 3.12.